The minimum Gasteiger partial charge on any atom is -0.453 e. The van der Waals surface area contributed by atoms with Gasteiger partial charge in [-0.1, -0.05) is 11.8 Å². The SMILES string of the molecule is COC(=O)N(C)CC#CCN1CCC1. The van der Waals surface area contributed by atoms with Crippen LogP contribution in [0.25, 0.3) is 0 Å². The first-order valence-electron chi connectivity index (χ1n) is 4.71. The molecule has 0 atom stereocenters. The second kappa shape index (κ2) is 5.51. The van der Waals surface area contributed by atoms with Gasteiger partial charge in [-0.2, -0.15) is 0 Å². The molecule has 0 aromatic carbocycles. The molecule has 4 nitrogen and oxygen atoms in total. The van der Waals surface area contributed by atoms with Crippen molar-refractivity contribution in [1.29, 1.82) is 0 Å². The standard InChI is InChI=1S/C10H16N2O2/c1-11(10(13)14-2)6-3-4-7-12-8-5-9-12/h5-9H2,1-2H3. The van der Waals surface area contributed by atoms with Gasteiger partial charge in [0.25, 0.3) is 0 Å². The number of hydrogen-bond acceptors (Lipinski definition) is 3. The van der Waals surface area contributed by atoms with Crippen LogP contribution in [0, 0.1) is 11.8 Å². The van der Waals surface area contributed by atoms with E-state index in [4.69, 9.17) is 0 Å². The number of carbonyl (C=O) groups is 1. The van der Waals surface area contributed by atoms with Gasteiger partial charge in [-0.05, 0) is 6.42 Å². The second-order valence-electron chi connectivity index (χ2n) is 3.31. The first-order chi connectivity index (χ1) is 6.74. The van der Waals surface area contributed by atoms with Crippen molar-refractivity contribution in [2.75, 3.05) is 40.3 Å². The van der Waals surface area contributed by atoms with Crippen LogP contribution in [0.2, 0.25) is 0 Å². The quantitative estimate of drug-likeness (QED) is 0.599. The molecule has 0 aromatic rings. The number of ether oxygens (including phenoxy) is 1. The van der Waals surface area contributed by atoms with Crippen LogP contribution in [0.1, 0.15) is 6.42 Å². The topological polar surface area (TPSA) is 32.8 Å². The Morgan fingerprint density at radius 1 is 1.50 bits per heavy atom. The van der Waals surface area contributed by atoms with E-state index in [1.807, 2.05) is 0 Å². The van der Waals surface area contributed by atoms with Crippen molar-refractivity contribution in [1.82, 2.24) is 9.80 Å². The fourth-order valence-corrected chi connectivity index (χ4v) is 1.10. The zero-order chi connectivity index (χ0) is 10.4. The van der Waals surface area contributed by atoms with E-state index in [1.54, 1.807) is 7.05 Å². The van der Waals surface area contributed by atoms with Gasteiger partial charge in [-0.15, -0.1) is 0 Å². The average molecular weight is 196 g/mol. The second-order valence-corrected chi connectivity index (χ2v) is 3.31. The molecule has 78 valence electrons. The van der Waals surface area contributed by atoms with Gasteiger partial charge in [0.1, 0.15) is 0 Å². The van der Waals surface area contributed by atoms with Gasteiger partial charge in [0.05, 0.1) is 20.2 Å². The highest BCUT2D eigenvalue weighted by atomic mass is 16.5. The summed E-state index contributed by atoms with van der Waals surface area (Å²) in [7, 11) is 3.04. The van der Waals surface area contributed by atoms with Gasteiger partial charge in [0, 0.05) is 20.1 Å². The van der Waals surface area contributed by atoms with Gasteiger partial charge >= 0.3 is 6.09 Å². The lowest BCUT2D eigenvalue weighted by atomic mass is 10.2. The number of amides is 1. The summed E-state index contributed by atoms with van der Waals surface area (Å²) in [5, 5.41) is 0. The summed E-state index contributed by atoms with van der Waals surface area (Å²) in [4.78, 5) is 14.6. The normalized spacial score (nSPS) is 15.0. The van der Waals surface area contributed by atoms with E-state index in [0.717, 1.165) is 19.6 Å². The van der Waals surface area contributed by atoms with Gasteiger partial charge in [-0.25, -0.2) is 4.79 Å². The molecule has 4 heteroatoms. The molecule has 1 fully saturated rings. The highest BCUT2D eigenvalue weighted by Gasteiger charge is 2.10. The molecule has 1 amide bonds. The van der Waals surface area contributed by atoms with Crippen LogP contribution in [-0.2, 0) is 4.74 Å². The molecule has 0 unspecified atom stereocenters. The van der Waals surface area contributed by atoms with E-state index < -0.39 is 0 Å². The van der Waals surface area contributed by atoms with Gasteiger partial charge in [0.15, 0.2) is 0 Å². The van der Waals surface area contributed by atoms with Crippen LogP contribution in [0.3, 0.4) is 0 Å². The molecule has 0 aromatic heterocycles. The fourth-order valence-electron chi connectivity index (χ4n) is 1.10. The lowest BCUT2D eigenvalue weighted by Gasteiger charge is -2.28. The van der Waals surface area contributed by atoms with E-state index in [2.05, 4.69) is 21.5 Å². The Balaban J connectivity index is 2.14. The maximum absolute atomic E-state index is 10.9. The zero-order valence-electron chi connectivity index (χ0n) is 8.75. The highest BCUT2D eigenvalue weighted by molar-refractivity contribution is 5.67. The van der Waals surface area contributed by atoms with Crippen LogP contribution >= 0.6 is 0 Å². The Kier molecular flexibility index (Phi) is 4.27. The van der Waals surface area contributed by atoms with Crippen LogP contribution in [-0.4, -0.2) is 56.2 Å². The van der Waals surface area contributed by atoms with Crippen molar-refractivity contribution in [3.8, 4) is 11.8 Å². The molecule has 1 aliphatic heterocycles. The molecule has 1 aliphatic rings. The fraction of sp³-hybridized carbons (Fsp3) is 0.700. The number of nitrogens with zero attached hydrogens (tertiary/aromatic N) is 2. The van der Waals surface area contributed by atoms with E-state index in [0.29, 0.717) is 6.54 Å². The van der Waals surface area contributed by atoms with Gasteiger partial charge in [-0.3, -0.25) is 4.90 Å². The first-order valence-corrected chi connectivity index (χ1v) is 4.71. The molecule has 1 rings (SSSR count). The summed E-state index contributed by atoms with van der Waals surface area (Å²) in [6.07, 6.45) is 0.937. The van der Waals surface area contributed by atoms with Crippen molar-refractivity contribution in [3.05, 3.63) is 0 Å². The molecular weight excluding hydrogens is 180 g/mol. The van der Waals surface area contributed by atoms with E-state index in [9.17, 15) is 4.79 Å². The molecule has 0 N–H and O–H groups in total. The monoisotopic (exact) mass is 196 g/mol. The molecule has 1 heterocycles. The minimum atomic E-state index is -0.344. The Bertz CT molecular complexity index is 251. The van der Waals surface area contributed by atoms with Crippen molar-refractivity contribution in [2.24, 2.45) is 0 Å². The third-order valence-electron chi connectivity index (χ3n) is 2.18. The molecule has 14 heavy (non-hydrogen) atoms. The van der Waals surface area contributed by atoms with Crippen LogP contribution in [0.5, 0.6) is 0 Å². The van der Waals surface area contributed by atoms with E-state index in [1.165, 1.54) is 18.4 Å². The summed E-state index contributed by atoms with van der Waals surface area (Å²) in [6.45, 7) is 3.55. The van der Waals surface area contributed by atoms with E-state index >= 15 is 0 Å². The first kappa shape index (κ1) is 10.9. The van der Waals surface area contributed by atoms with Crippen LogP contribution < -0.4 is 0 Å². The smallest absolute Gasteiger partial charge is 0.410 e. The number of likely N-dealkylation sites (tertiary alicyclic amines) is 1. The molecule has 0 saturated carbocycles. The molecule has 0 spiro atoms. The zero-order valence-corrected chi connectivity index (χ0v) is 8.75. The van der Waals surface area contributed by atoms with Crippen LogP contribution in [0.15, 0.2) is 0 Å². The maximum atomic E-state index is 10.9. The van der Waals surface area contributed by atoms with Gasteiger partial charge in [0.2, 0.25) is 0 Å². The lowest BCUT2D eigenvalue weighted by molar-refractivity contribution is 0.138. The Morgan fingerprint density at radius 2 is 2.21 bits per heavy atom. The molecule has 0 radical (unpaired) electrons. The summed E-state index contributed by atoms with van der Waals surface area (Å²) >= 11 is 0. The number of rotatable bonds is 2. The molecule has 1 saturated heterocycles. The number of hydrogen-bond donors (Lipinski definition) is 0. The third kappa shape index (κ3) is 3.27. The predicted octanol–water partition coefficient (Wildman–Crippen LogP) is 0.394. The maximum Gasteiger partial charge on any atom is 0.410 e. The summed E-state index contributed by atoms with van der Waals surface area (Å²) in [6, 6.07) is 0. The minimum absolute atomic E-state index is 0.344. The molecular formula is C10H16N2O2. The Labute approximate surface area is 84.8 Å². The summed E-state index contributed by atoms with van der Waals surface area (Å²) in [5.41, 5.74) is 0. The third-order valence-corrected chi connectivity index (χ3v) is 2.18. The molecule has 0 bridgehead atoms. The van der Waals surface area contributed by atoms with Crippen LogP contribution in [0.4, 0.5) is 4.79 Å². The Hall–Kier alpha value is -1.21. The molecule has 0 aliphatic carbocycles. The predicted molar refractivity (Wildman–Crippen MR) is 53.9 cm³/mol. The lowest BCUT2D eigenvalue weighted by Crippen LogP contribution is -2.37. The van der Waals surface area contributed by atoms with Gasteiger partial charge < -0.3 is 9.64 Å². The van der Waals surface area contributed by atoms with Crippen molar-refractivity contribution in [3.63, 3.8) is 0 Å². The summed E-state index contributed by atoms with van der Waals surface area (Å²) < 4.78 is 4.53. The Morgan fingerprint density at radius 3 is 2.71 bits per heavy atom. The van der Waals surface area contributed by atoms with Crippen molar-refractivity contribution >= 4 is 6.09 Å². The average Bonchev–Trinajstić information content (AvgIpc) is 2.13. The summed E-state index contributed by atoms with van der Waals surface area (Å²) in [5.74, 6) is 5.96. The number of methoxy groups -OCH3 is 1. The van der Waals surface area contributed by atoms with E-state index in [-0.39, 0.29) is 6.09 Å². The largest absolute Gasteiger partial charge is 0.453 e. The number of carbonyl (C=O) groups excluding carboxylic acids is 1. The highest BCUT2D eigenvalue weighted by Crippen LogP contribution is 2.02. The van der Waals surface area contributed by atoms with Crippen molar-refractivity contribution < 1.29 is 9.53 Å². The van der Waals surface area contributed by atoms with Crippen molar-refractivity contribution in [2.45, 2.75) is 6.42 Å².